The lowest BCUT2D eigenvalue weighted by molar-refractivity contribution is 0.565. The molecule has 0 saturated heterocycles. The molecule has 1 aliphatic carbocycles. The van der Waals surface area contributed by atoms with E-state index in [4.69, 9.17) is 0 Å². The number of aromatic nitrogens is 1. The summed E-state index contributed by atoms with van der Waals surface area (Å²) in [5, 5.41) is 4.53. The van der Waals surface area contributed by atoms with Gasteiger partial charge in [0.1, 0.15) is 0 Å². The van der Waals surface area contributed by atoms with Crippen molar-refractivity contribution in [3.8, 4) is 0 Å². The molecule has 1 N–H and O–H groups in total. The molecule has 0 bridgehead atoms. The topological polar surface area (TPSA) is 24.9 Å². The summed E-state index contributed by atoms with van der Waals surface area (Å²) in [4.78, 5) is 4.60. The van der Waals surface area contributed by atoms with E-state index in [1.807, 2.05) is 6.20 Å². The first-order valence-electron chi connectivity index (χ1n) is 8.10. The number of aryl methyl sites for hydroxylation is 1. The Balaban J connectivity index is 1.83. The highest BCUT2D eigenvalue weighted by molar-refractivity contribution is 7.99. The molecule has 1 aromatic heterocycles. The standard InChI is InChI=1S/C17H28N2S/c1-3-14-9-10-15(19-12-14)11-16(18-4-2)13-20-17-7-5-6-8-17/h9-10,12,16-18H,3-8,11,13H2,1-2H3. The Morgan fingerprint density at radius 1 is 1.30 bits per heavy atom. The summed E-state index contributed by atoms with van der Waals surface area (Å²) >= 11 is 2.17. The molecule has 2 rings (SSSR count). The minimum absolute atomic E-state index is 0.561. The van der Waals surface area contributed by atoms with Gasteiger partial charge in [0, 0.05) is 35.4 Å². The number of nitrogens with one attached hydrogen (secondary N) is 1. The van der Waals surface area contributed by atoms with Gasteiger partial charge < -0.3 is 5.32 Å². The summed E-state index contributed by atoms with van der Waals surface area (Å²) in [6.45, 7) is 5.42. The number of rotatable bonds is 8. The molecule has 0 amide bonds. The Morgan fingerprint density at radius 2 is 2.10 bits per heavy atom. The minimum Gasteiger partial charge on any atom is -0.313 e. The largest absolute Gasteiger partial charge is 0.313 e. The molecular weight excluding hydrogens is 264 g/mol. The molecule has 2 nitrogen and oxygen atoms in total. The smallest absolute Gasteiger partial charge is 0.0419 e. The van der Waals surface area contributed by atoms with Gasteiger partial charge in [-0.25, -0.2) is 0 Å². The molecule has 3 heteroatoms. The van der Waals surface area contributed by atoms with Crippen LogP contribution >= 0.6 is 11.8 Å². The lowest BCUT2D eigenvalue weighted by atomic mass is 10.1. The summed E-state index contributed by atoms with van der Waals surface area (Å²) in [5.74, 6) is 1.22. The predicted octanol–water partition coefficient (Wildman–Crippen LogP) is 3.84. The Hall–Kier alpha value is -0.540. The minimum atomic E-state index is 0.561. The second-order valence-corrected chi connectivity index (χ2v) is 7.04. The zero-order chi connectivity index (χ0) is 14.2. The highest BCUT2D eigenvalue weighted by atomic mass is 32.2. The number of thioether (sulfide) groups is 1. The fourth-order valence-electron chi connectivity index (χ4n) is 2.82. The lowest BCUT2D eigenvalue weighted by Gasteiger charge is -2.19. The molecule has 1 aliphatic rings. The first kappa shape index (κ1) is 15.8. The van der Waals surface area contributed by atoms with Gasteiger partial charge in [-0.15, -0.1) is 0 Å². The fourth-order valence-corrected chi connectivity index (χ4v) is 4.23. The first-order chi connectivity index (χ1) is 9.81. The van der Waals surface area contributed by atoms with E-state index >= 15 is 0 Å². The first-order valence-corrected chi connectivity index (χ1v) is 9.15. The molecule has 0 aromatic carbocycles. The molecule has 1 aromatic rings. The highest BCUT2D eigenvalue weighted by Gasteiger charge is 2.18. The van der Waals surface area contributed by atoms with E-state index in [9.17, 15) is 0 Å². The molecule has 1 atom stereocenters. The summed E-state index contributed by atoms with van der Waals surface area (Å²) in [7, 11) is 0. The van der Waals surface area contributed by atoms with Crippen LogP contribution in [0.15, 0.2) is 18.3 Å². The highest BCUT2D eigenvalue weighted by Crippen LogP contribution is 2.29. The molecule has 1 heterocycles. The third-order valence-corrected chi connectivity index (χ3v) is 5.62. The van der Waals surface area contributed by atoms with Crippen molar-refractivity contribution in [3.63, 3.8) is 0 Å². The van der Waals surface area contributed by atoms with Gasteiger partial charge in [0.05, 0.1) is 0 Å². The number of likely N-dealkylation sites (N-methyl/N-ethyl adjacent to an activating group) is 1. The lowest BCUT2D eigenvalue weighted by Crippen LogP contribution is -2.34. The Kier molecular flexibility index (Phi) is 6.88. The maximum atomic E-state index is 4.60. The molecule has 1 unspecified atom stereocenters. The van der Waals surface area contributed by atoms with Crippen molar-refractivity contribution in [3.05, 3.63) is 29.6 Å². The third-order valence-electron chi connectivity index (χ3n) is 4.08. The van der Waals surface area contributed by atoms with Gasteiger partial charge in [-0.05, 0) is 37.4 Å². The second-order valence-electron chi connectivity index (χ2n) is 5.71. The monoisotopic (exact) mass is 292 g/mol. The van der Waals surface area contributed by atoms with Crippen molar-refractivity contribution in [1.82, 2.24) is 10.3 Å². The molecule has 20 heavy (non-hydrogen) atoms. The quantitative estimate of drug-likeness (QED) is 0.788. The van der Waals surface area contributed by atoms with Crippen molar-refractivity contribution in [2.75, 3.05) is 12.3 Å². The number of hydrogen-bond donors (Lipinski definition) is 1. The number of pyridine rings is 1. The van der Waals surface area contributed by atoms with Crippen LogP contribution in [0.4, 0.5) is 0 Å². The molecule has 112 valence electrons. The third kappa shape index (κ3) is 5.10. The normalized spacial score (nSPS) is 17.5. The van der Waals surface area contributed by atoms with E-state index < -0.39 is 0 Å². The van der Waals surface area contributed by atoms with E-state index in [1.165, 1.54) is 42.7 Å². The zero-order valence-electron chi connectivity index (χ0n) is 12.9. The van der Waals surface area contributed by atoms with E-state index in [0.717, 1.165) is 24.6 Å². The van der Waals surface area contributed by atoms with Crippen LogP contribution in [0.5, 0.6) is 0 Å². The van der Waals surface area contributed by atoms with Crippen LogP contribution in [0, 0.1) is 0 Å². The summed E-state index contributed by atoms with van der Waals surface area (Å²) < 4.78 is 0. The van der Waals surface area contributed by atoms with E-state index in [-0.39, 0.29) is 0 Å². The molecule has 0 spiro atoms. The van der Waals surface area contributed by atoms with Gasteiger partial charge in [-0.3, -0.25) is 4.98 Å². The second kappa shape index (κ2) is 8.68. The number of hydrogen-bond acceptors (Lipinski definition) is 3. The maximum absolute atomic E-state index is 4.60. The summed E-state index contributed by atoms with van der Waals surface area (Å²) in [5.41, 5.74) is 2.55. The van der Waals surface area contributed by atoms with Crippen molar-refractivity contribution in [1.29, 1.82) is 0 Å². The molecule has 1 fully saturated rings. The van der Waals surface area contributed by atoms with Crippen LogP contribution in [0.1, 0.15) is 50.8 Å². The fraction of sp³-hybridized carbons (Fsp3) is 0.706. The van der Waals surface area contributed by atoms with Crippen LogP contribution in [0.2, 0.25) is 0 Å². The van der Waals surface area contributed by atoms with Crippen molar-refractivity contribution in [2.24, 2.45) is 0 Å². The average molecular weight is 292 g/mol. The molecule has 0 radical (unpaired) electrons. The maximum Gasteiger partial charge on any atom is 0.0419 e. The predicted molar refractivity (Wildman–Crippen MR) is 89.5 cm³/mol. The van der Waals surface area contributed by atoms with Gasteiger partial charge >= 0.3 is 0 Å². The van der Waals surface area contributed by atoms with Crippen molar-refractivity contribution < 1.29 is 0 Å². The van der Waals surface area contributed by atoms with Crippen molar-refractivity contribution >= 4 is 11.8 Å². The Morgan fingerprint density at radius 3 is 2.70 bits per heavy atom. The van der Waals surface area contributed by atoms with Crippen LogP contribution < -0.4 is 5.32 Å². The van der Waals surface area contributed by atoms with Gasteiger partial charge in [-0.1, -0.05) is 32.8 Å². The SMILES string of the molecule is CCNC(CSC1CCCC1)Cc1ccc(CC)cn1. The zero-order valence-corrected chi connectivity index (χ0v) is 13.7. The van der Waals surface area contributed by atoms with Crippen LogP contribution in [-0.2, 0) is 12.8 Å². The number of nitrogens with zero attached hydrogens (tertiary/aromatic N) is 1. The summed E-state index contributed by atoms with van der Waals surface area (Å²) in [6, 6.07) is 4.98. The van der Waals surface area contributed by atoms with Crippen LogP contribution in [-0.4, -0.2) is 28.6 Å². The van der Waals surface area contributed by atoms with Crippen LogP contribution in [0.3, 0.4) is 0 Å². The summed E-state index contributed by atoms with van der Waals surface area (Å²) in [6.07, 6.45) is 9.87. The van der Waals surface area contributed by atoms with Gasteiger partial charge in [-0.2, -0.15) is 11.8 Å². The Bertz CT molecular complexity index is 371. The molecular formula is C17H28N2S. The van der Waals surface area contributed by atoms with Gasteiger partial charge in [0.25, 0.3) is 0 Å². The van der Waals surface area contributed by atoms with E-state index in [2.05, 4.69) is 48.0 Å². The average Bonchev–Trinajstić information content (AvgIpc) is 2.99. The van der Waals surface area contributed by atoms with Crippen molar-refractivity contribution in [2.45, 2.75) is 63.7 Å². The van der Waals surface area contributed by atoms with Crippen LogP contribution in [0.25, 0.3) is 0 Å². The van der Waals surface area contributed by atoms with Gasteiger partial charge in [0.15, 0.2) is 0 Å². The Labute approximate surface area is 128 Å². The molecule has 0 aliphatic heterocycles. The van der Waals surface area contributed by atoms with E-state index in [0.29, 0.717) is 6.04 Å². The van der Waals surface area contributed by atoms with E-state index in [1.54, 1.807) is 0 Å². The van der Waals surface area contributed by atoms with Gasteiger partial charge in [0.2, 0.25) is 0 Å². The molecule has 1 saturated carbocycles.